The van der Waals surface area contributed by atoms with Crippen LogP contribution in [0.1, 0.15) is 46.5 Å². The van der Waals surface area contributed by atoms with Gasteiger partial charge in [0, 0.05) is 0 Å². The zero-order chi connectivity index (χ0) is 12.1. The van der Waals surface area contributed by atoms with Crippen molar-refractivity contribution in [2.45, 2.75) is 52.1 Å². The molecule has 2 N–H and O–H groups in total. The Bertz CT molecular complexity index is 296. The van der Waals surface area contributed by atoms with Crippen LogP contribution in [0.25, 0.3) is 0 Å². The van der Waals surface area contributed by atoms with Gasteiger partial charge in [-0.25, -0.2) is 0 Å². The molecule has 16 heavy (non-hydrogen) atoms. The molecule has 3 heteroatoms. The van der Waals surface area contributed by atoms with Gasteiger partial charge in [0.15, 0.2) is 0 Å². The lowest BCUT2D eigenvalue weighted by Gasteiger charge is -2.36. The minimum absolute atomic E-state index is 0.0978. The summed E-state index contributed by atoms with van der Waals surface area (Å²) in [5.41, 5.74) is -1.52. The van der Waals surface area contributed by atoms with Gasteiger partial charge in [0.1, 0.15) is 0 Å². The van der Waals surface area contributed by atoms with E-state index >= 15 is 0 Å². The average Bonchev–Trinajstić information content (AvgIpc) is 2.73. The van der Waals surface area contributed by atoms with E-state index in [1.54, 1.807) is 6.92 Å². The SMILES string of the molecule is CC(C)C(C)(O)CC1(C(=O)O)CC2CC2C1. The van der Waals surface area contributed by atoms with E-state index in [0.29, 0.717) is 18.3 Å². The summed E-state index contributed by atoms with van der Waals surface area (Å²) in [5, 5.41) is 19.7. The van der Waals surface area contributed by atoms with E-state index in [1.807, 2.05) is 13.8 Å². The molecule has 0 aliphatic heterocycles. The molecule has 3 unspecified atom stereocenters. The maximum absolute atomic E-state index is 11.5. The van der Waals surface area contributed by atoms with Crippen LogP contribution in [0.2, 0.25) is 0 Å². The lowest BCUT2D eigenvalue weighted by molar-refractivity contribution is -0.155. The molecular formula is C13H22O3. The van der Waals surface area contributed by atoms with Gasteiger partial charge in [-0.15, -0.1) is 0 Å². The molecule has 2 fully saturated rings. The lowest BCUT2D eigenvalue weighted by Crippen LogP contribution is -2.42. The van der Waals surface area contributed by atoms with Gasteiger partial charge in [-0.2, -0.15) is 0 Å². The van der Waals surface area contributed by atoms with E-state index in [1.165, 1.54) is 6.42 Å². The molecule has 0 aromatic heterocycles. The van der Waals surface area contributed by atoms with Crippen molar-refractivity contribution in [1.29, 1.82) is 0 Å². The van der Waals surface area contributed by atoms with Crippen LogP contribution >= 0.6 is 0 Å². The van der Waals surface area contributed by atoms with Crippen LogP contribution in [0.5, 0.6) is 0 Å². The van der Waals surface area contributed by atoms with Crippen LogP contribution in [0.4, 0.5) is 0 Å². The van der Waals surface area contributed by atoms with E-state index in [0.717, 1.165) is 12.8 Å². The van der Waals surface area contributed by atoms with Gasteiger partial charge in [-0.3, -0.25) is 4.79 Å². The number of hydrogen-bond donors (Lipinski definition) is 2. The van der Waals surface area contributed by atoms with Crippen LogP contribution in [0, 0.1) is 23.2 Å². The van der Waals surface area contributed by atoms with E-state index in [-0.39, 0.29) is 5.92 Å². The smallest absolute Gasteiger partial charge is 0.309 e. The van der Waals surface area contributed by atoms with Crippen molar-refractivity contribution in [2.75, 3.05) is 0 Å². The quantitative estimate of drug-likeness (QED) is 0.773. The van der Waals surface area contributed by atoms with Crippen molar-refractivity contribution in [2.24, 2.45) is 23.2 Å². The molecule has 0 bridgehead atoms. The summed E-state index contributed by atoms with van der Waals surface area (Å²) in [5.74, 6) is 0.638. The third-order valence-electron chi connectivity index (χ3n) is 4.77. The predicted octanol–water partition coefficient (Wildman–Crippen LogP) is 2.28. The first-order chi connectivity index (χ1) is 7.27. The Kier molecular flexibility index (Phi) is 2.57. The van der Waals surface area contributed by atoms with Crippen LogP contribution in [0.3, 0.4) is 0 Å². The molecule has 0 spiro atoms. The van der Waals surface area contributed by atoms with Crippen LogP contribution in [-0.4, -0.2) is 21.8 Å². The number of carbonyl (C=O) groups is 1. The molecule has 0 radical (unpaired) electrons. The fourth-order valence-electron chi connectivity index (χ4n) is 3.18. The Hall–Kier alpha value is -0.570. The summed E-state index contributed by atoms with van der Waals surface area (Å²) in [4.78, 5) is 11.5. The number of aliphatic carboxylic acids is 1. The summed E-state index contributed by atoms with van der Waals surface area (Å²) >= 11 is 0. The van der Waals surface area contributed by atoms with Crippen LogP contribution in [-0.2, 0) is 4.79 Å². The Morgan fingerprint density at radius 3 is 2.31 bits per heavy atom. The third-order valence-corrected chi connectivity index (χ3v) is 4.77. The van der Waals surface area contributed by atoms with Crippen molar-refractivity contribution in [3.8, 4) is 0 Å². The van der Waals surface area contributed by atoms with E-state index < -0.39 is 17.0 Å². The molecule has 2 aliphatic rings. The maximum Gasteiger partial charge on any atom is 0.309 e. The molecule has 0 saturated heterocycles. The highest BCUT2D eigenvalue weighted by Crippen LogP contribution is 2.62. The van der Waals surface area contributed by atoms with Gasteiger partial charge in [-0.05, 0) is 50.4 Å². The highest BCUT2D eigenvalue weighted by atomic mass is 16.4. The molecule has 0 heterocycles. The molecule has 2 rings (SSSR count). The Morgan fingerprint density at radius 2 is 1.94 bits per heavy atom. The Labute approximate surface area is 96.9 Å². The molecule has 2 aliphatic carbocycles. The molecule has 3 atom stereocenters. The molecule has 0 aromatic rings. The molecule has 92 valence electrons. The van der Waals surface area contributed by atoms with Crippen LogP contribution < -0.4 is 0 Å². The van der Waals surface area contributed by atoms with Crippen molar-refractivity contribution in [3.05, 3.63) is 0 Å². The van der Waals surface area contributed by atoms with E-state index in [2.05, 4.69) is 0 Å². The third kappa shape index (κ3) is 1.86. The first-order valence-corrected chi connectivity index (χ1v) is 6.23. The molecule has 0 amide bonds. The predicted molar refractivity (Wildman–Crippen MR) is 61.0 cm³/mol. The number of rotatable bonds is 4. The number of aliphatic hydroxyl groups is 1. The van der Waals surface area contributed by atoms with Gasteiger partial charge >= 0.3 is 5.97 Å². The fourth-order valence-corrected chi connectivity index (χ4v) is 3.18. The van der Waals surface area contributed by atoms with Crippen molar-refractivity contribution >= 4 is 5.97 Å². The summed E-state index contributed by atoms with van der Waals surface area (Å²) in [6.07, 6.45) is 3.16. The highest BCUT2D eigenvalue weighted by molar-refractivity contribution is 5.75. The molecule has 2 saturated carbocycles. The first kappa shape index (κ1) is 11.9. The van der Waals surface area contributed by atoms with Gasteiger partial charge in [0.25, 0.3) is 0 Å². The van der Waals surface area contributed by atoms with Gasteiger partial charge < -0.3 is 10.2 Å². The number of carboxylic acids is 1. The maximum atomic E-state index is 11.5. The Morgan fingerprint density at radius 1 is 1.44 bits per heavy atom. The van der Waals surface area contributed by atoms with Gasteiger partial charge in [0.05, 0.1) is 11.0 Å². The monoisotopic (exact) mass is 226 g/mol. The lowest BCUT2D eigenvalue weighted by atomic mass is 9.71. The molecule has 0 aromatic carbocycles. The molecule has 3 nitrogen and oxygen atoms in total. The summed E-state index contributed by atoms with van der Waals surface area (Å²) < 4.78 is 0. The number of hydrogen-bond acceptors (Lipinski definition) is 2. The second kappa shape index (κ2) is 3.46. The minimum Gasteiger partial charge on any atom is -0.481 e. The standard InChI is InChI=1S/C13H22O3/c1-8(2)12(3,16)7-13(11(14)15)5-9-4-10(9)6-13/h8-10,16H,4-7H2,1-3H3,(H,14,15). The first-order valence-electron chi connectivity index (χ1n) is 6.23. The number of fused-ring (bicyclic) bond motifs is 1. The van der Waals surface area contributed by atoms with Crippen LogP contribution in [0.15, 0.2) is 0 Å². The van der Waals surface area contributed by atoms with E-state index in [9.17, 15) is 15.0 Å². The average molecular weight is 226 g/mol. The summed E-state index contributed by atoms with van der Waals surface area (Å²) in [7, 11) is 0. The van der Waals surface area contributed by atoms with Crippen molar-refractivity contribution in [1.82, 2.24) is 0 Å². The summed E-state index contributed by atoms with van der Waals surface area (Å²) in [6.45, 7) is 5.67. The highest BCUT2D eigenvalue weighted by Gasteiger charge is 2.59. The second-order valence-corrected chi connectivity index (χ2v) is 6.44. The van der Waals surface area contributed by atoms with Gasteiger partial charge in [-0.1, -0.05) is 13.8 Å². The number of carboxylic acid groups (broad SMARTS) is 1. The largest absolute Gasteiger partial charge is 0.481 e. The molecular weight excluding hydrogens is 204 g/mol. The van der Waals surface area contributed by atoms with Crippen molar-refractivity contribution in [3.63, 3.8) is 0 Å². The normalized spacial score (nSPS) is 40.6. The zero-order valence-corrected chi connectivity index (χ0v) is 10.4. The fraction of sp³-hybridized carbons (Fsp3) is 0.923. The van der Waals surface area contributed by atoms with E-state index in [4.69, 9.17) is 0 Å². The summed E-state index contributed by atoms with van der Waals surface area (Å²) in [6, 6.07) is 0. The zero-order valence-electron chi connectivity index (χ0n) is 10.4. The minimum atomic E-state index is -0.866. The van der Waals surface area contributed by atoms with Gasteiger partial charge in [0.2, 0.25) is 0 Å². The second-order valence-electron chi connectivity index (χ2n) is 6.44. The van der Waals surface area contributed by atoms with Crippen molar-refractivity contribution < 1.29 is 15.0 Å². The topological polar surface area (TPSA) is 57.5 Å². The Balaban J connectivity index is 2.13.